The molecule has 1 saturated carbocycles. The molecular weight excluding hydrogens is 456 g/mol. The molecule has 1 aliphatic rings. The van der Waals surface area contributed by atoms with Crippen molar-refractivity contribution >= 4 is 34.3 Å². The monoisotopic (exact) mass is 490 g/mol. The second kappa shape index (κ2) is 11.8. The van der Waals surface area contributed by atoms with E-state index in [2.05, 4.69) is 10.6 Å². The Morgan fingerprint density at radius 2 is 1.78 bits per heavy atom. The maximum atomic E-state index is 12.3. The van der Waals surface area contributed by atoms with Gasteiger partial charge in [0.2, 0.25) is 11.9 Å². The molecule has 2 N–H and O–H groups in total. The van der Waals surface area contributed by atoms with Gasteiger partial charge in [0.25, 0.3) is 5.69 Å². The van der Waals surface area contributed by atoms with E-state index >= 15 is 0 Å². The van der Waals surface area contributed by atoms with Crippen LogP contribution in [0.4, 0.5) is 17.5 Å². The fraction of sp³-hybridized carbons (Fsp3) is 0.444. The molecule has 36 heavy (non-hydrogen) atoms. The third-order valence-electron chi connectivity index (χ3n) is 6.79. The number of nitrogens with zero attached hydrogens (tertiary/aromatic N) is 4. The van der Waals surface area contributed by atoms with E-state index in [0.29, 0.717) is 30.9 Å². The van der Waals surface area contributed by atoms with Gasteiger partial charge >= 0.3 is 0 Å². The number of para-hydroxylation sites is 1. The second-order valence-electron chi connectivity index (χ2n) is 9.73. The molecule has 2 aromatic carbocycles. The summed E-state index contributed by atoms with van der Waals surface area (Å²) in [4.78, 5) is 34.1. The Morgan fingerprint density at radius 1 is 1.06 bits per heavy atom. The fourth-order valence-electron chi connectivity index (χ4n) is 4.74. The van der Waals surface area contributed by atoms with Gasteiger partial charge in [-0.25, -0.2) is 4.98 Å². The van der Waals surface area contributed by atoms with Crippen molar-refractivity contribution in [3.63, 3.8) is 0 Å². The number of aryl methyl sites for hydroxylation is 1. The molecule has 0 aliphatic heterocycles. The molecule has 9 nitrogen and oxygen atoms in total. The van der Waals surface area contributed by atoms with Crippen molar-refractivity contribution in [3.05, 3.63) is 64.2 Å². The van der Waals surface area contributed by atoms with Crippen LogP contribution in [0.5, 0.6) is 0 Å². The van der Waals surface area contributed by atoms with Crippen LogP contribution in [0.15, 0.2) is 48.5 Å². The number of anilines is 2. The van der Waals surface area contributed by atoms with E-state index in [0.717, 1.165) is 60.8 Å². The van der Waals surface area contributed by atoms with E-state index in [-0.39, 0.29) is 11.6 Å². The largest absolute Gasteiger partial charge is 0.362 e. The minimum atomic E-state index is -0.404. The lowest BCUT2D eigenvalue weighted by molar-refractivity contribution is -0.384. The summed E-state index contributed by atoms with van der Waals surface area (Å²) in [6, 6.07) is 14.9. The highest BCUT2D eigenvalue weighted by Crippen LogP contribution is 2.28. The molecule has 1 fully saturated rings. The Labute approximate surface area is 211 Å². The Morgan fingerprint density at radius 3 is 2.47 bits per heavy atom. The van der Waals surface area contributed by atoms with Gasteiger partial charge in [0.05, 0.1) is 10.4 Å². The highest BCUT2D eigenvalue weighted by molar-refractivity contribution is 5.90. The molecular formula is C27H34N6O3. The van der Waals surface area contributed by atoms with E-state index in [1.165, 1.54) is 12.1 Å². The highest BCUT2D eigenvalue weighted by atomic mass is 16.6. The summed E-state index contributed by atoms with van der Waals surface area (Å²) in [5, 5.41) is 18.4. The van der Waals surface area contributed by atoms with E-state index in [1.807, 2.05) is 43.3 Å². The van der Waals surface area contributed by atoms with Gasteiger partial charge in [0, 0.05) is 50.6 Å². The lowest BCUT2D eigenvalue weighted by Gasteiger charge is -2.29. The quantitative estimate of drug-likeness (QED) is 0.312. The number of nitro groups is 1. The summed E-state index contributed by atoms with van der Waals surface area (Å²) < 4.78 is 0. The van der Waals surface area contributed by atoms with Gasteiger partial charge in [0.1, 0.15) is 5.82 Å². The van der Waals surface area contributed by atoms with E-state index in [9.17, 15) is 14.9 Å². The second-order valence-corrected chi connectivity index (χ2v) is 9.73. The van der Waals surface area contributed by atoms with Crippen LogP contribution in [-0.2, 0) is 11.2 Å². The van der Waals surface area contributed by atoms with Gasteiger partial charge in [-0.3, -0.25) is 14.9 Å². The first-order valence-corrected chi connectivity index (χ1v) is 12.6. The van der Waals surface area contributed by atoms with Crippen LogP contribution in [0, 0.1) is 16.0 Å². The zero-order valence-corrected chi connectivity index (χ0v) is 20.9. The van der Waals surface area contributed by atoms with Gasteiger partial charge in [-0.2, -0.15) is 4.98 Å². The number of fused-ring (bicyclic) bond motifs is 1. The average Bonchev–Trinajstić information content (AvgIpc) is 2.88. The Kier molecular flexibility index (Phi) is 8.30. The molecule has 0 saturated heterocycles. The van der Waals surface area contributed by atoms with E-state index < -0.39 is 4.92 Å². The predicted octanol–water partition coefficient (Wildman–Crippen LogP) is 4.71. The normalized spacial score (nSPS) is 17.5. The Bertz CT molecular complexity index is 1190. The molecule has 190 valence electrons. The fourth-order valence-corrected chi connectivity index (χ4v) is 4.74. The first-order valence-electron chi connectivity index (χ1n) is 12.6. The maximum Gasteiger partial charge on any atom is 0.269 e. The molecule has 0 radical (unpaired) electrons. The molecule has 4 rings (SSSR count). The number of aromatic nitrogens is 2. The molecule has 9 heteroatoms. The first kappa shape index (κ1) is 25.3. The number of rotatable bonds is 10. The van der Waals surface area contributed by atoms with Crippen molar-refractivity contribution in [2.75, 3.05) is 30.9 Å². The van der Waals surface area contributed by atoms with Crippen molar-refractivity contribution < 1.29 is 9.72 Å². The zero-order valence-electron chi connectivity index (χ0n) is 20.9. The smallest absolute Gasteiger partial charge is 0.269 e. The number of amides is 1. The van der Waals surface area contributed by atoms with Crippen LogP contribution in [-0.4, -0.2) is 47.5 Å². The molecule has 3 aromatic rings. The SMILES string of the molecule is CN(C)c1nc(N[C@H]2CC[C@@H](CNC(=O)CCCc3ccc([N+](=O)[O-])cc3)CC2)nc2ccccc12. The molecule has 1 heterocycles. The number of carbonyl (C=O) groups is 1. The molecule has 0 atom stereocenters. The lowest BCUT2D eigenvalue weighted by atomic mass is 9.86. The number of hydrogen-bond donors (Lipinski definition) is 2. The maximum absolute atomic E-state index is 12.3. The van der Waals surface area contributed by atoms with Crippen molar-refractivity contribution in [3.8, 4) is 0 Å². The topological polar surface area (TPSA) is 113 Å². The third-order valence-corrected chi connectivity index (χ3v) is 6.79. The van der Waals surface area contributed by atoms with Crippen molar-refractivity contribution in [2.45, 2.75) is 51.0 Å². The molecule has 0 spiro atoms. The summed E-state index contributed by atoms with van der Waals surface area (Å²) in [6.07, 6.45) is 6.06. The first-order chi connectivity index (χ1) is 17.4. The van der Waals surface area contributed by atoms with E-state index in [4.69, 9.17) is 9.97 Å². The number of hydrogen-bond acceptors (Lipinski definition) is 7. The van der Waals surface area contributed by atoms with Crippen molar-refractivity contribution in [1.29, 1.82) is 0 Å². The van der Waals surface area contributed by atoms with Crippen molar-refractivity contribution in [2.24, 2.45) is 5.92 Å². The van der Waals surface area contributed by atoms with Crippen LogP contribution in [0.25, 0.3) is 10.9 Å². The summed E-state index contributed by atoms with van der Waals surface area (Å²) in [6.45, 7) is 0.709. The number of nitrogens with one attached hydrogen (secondary N) is 2. The van der Waals surface area contributed by atoms with E-state index in [1.54, 1.807) is 12.1 Å². The predicted molar refractivity (Wildman–Crippen MR) is 142 cm³/mol. The van der Waals surface area contributed by atoms with Crippen LogP contribution in [0.1, 0.15) is 44.1 Å². The summed E-state index contributed by atoms with van der Waals surface area (Å²) in [5.41, 5.74) is 2.03. The van der Waals surface area contributed by atoms with Gasteiger partial charge in [-0.1, -0.05) is 24.3 Å². The van der Waals surface area contributed by atoms with Gasteiger partial charge in [-0.15, -0.1) is 0 Å². The minimum absolute atomic E-state index is 0.0675. The molecule has 1 aromatic heterocycles. The Balaban J connectivity index is 1.18. The number of nitro benzene ring substituents is 1. The van der Waals surface area contributed by atoms with Crippen LogP contribution < -0.4 is 15.5 Å². The van der Waals surface area contributed by atoms with Crippen LogP contribution in [0.3, 0.4) is 0 Å². The highest BCUT2D eigenvalue weighted by Gasteiger charge is 2.22. The standard InChI is InChI=1S/C27H34N6O3/c1-32(2)26-23-7-3-4-8-24(23)30-27(31-26)29-21-14-10-20(11-15-21)18-28-25(34)9-5-6-19-12-16-22(17-13-19)33(35)36/h3-4,7-8,12-13,16-17,20-21H,5-6,9-11,14-15,18H2,1-2H3,(H,28,34)(H,29,30,31)/t20-,21+. The van der Waals surface area contributed by atoms with Crippen LogP contribution in [0.2, 0.25) is 0 Å². The van der Waals surface area contributed by atoms with Crippen LogP contribution >= 0.6 is 0 Å². The number of non-ortho nitro benzene ring substituents is 1. The van der Waals surface area contributed by atoms with Gasteiger partial charge in [-0.05, 0) is 62.1 Å². The molecule has 0 bridgehead atoms. The van der Waals surface area contributed by atoms with Crippen molar-refractivity contribution in [1.82, 2.24) is 15.3 Å². The zero-order chi connectivity index (χ0) is 25.5. The average molecular weight is 491 g/mol. The molecule has 1 aliphatic carbocycles. The molecule has 0 unspecified atom stereocenters. The van der Waals surface area contributed by atoms with Gasteiger partial charge in [0.15, 0.2) is 0 Å². The number of benzene rings is 2. The lowest BCUT2D eigenvalue weighted by Crippen LogP contribution is -2.34. The number of carbonyl (C=O) groups excluding carboxylic acids is 1. The minimum Gasteiger partial charge on any atom is -0.362 e. The summed E-state index contributed by atoms with van der Waals surface area (Å²) >= 11 is 0. The summed E-state index contributed by atoms with van der Waals surface area (Å²) in [7, 11) is 3.99. The van der Waals surface area contributed by atoms with Gasteiger partial charge < -0.3 is 15.5 Å². The third kappa shape index (κ3) is 6.68. The summed E-state index contributed by atoms with van der Waals surface area (Å²) in [5.74, 6) is 2.13. The molecule has 1 amide bonds. The Hall–Kier alpha value is -3.75.